The molecule has 0 radical (unpaired) electrons. The number of aliphatic imine (C=N–C) groups is 2. The Balaban J connectivity index is 2.23. The molecule has 1 aliphatic carbocycles. The molecule has 11 heteroatoms. The summed E-state index contributed by atoms with van der Waals surface area (Å²) in [6.07, 6.45) is 8.24. The fraction of sp³-hybridized carbons (Fsp3) is 0.565. The highest BCUT2D eigenvalue weighted by atomic mass is 16.5. The normalized spacial score (nSPS) is 19.8. The SMILES string of the molecule is CCOC(=O)C(=O)N(C1=C(C(=O)OCC)C(C(=O)OCC)N2C=CN=CC2=N1)C1CCCCC1. The van der Waals surface area contributed by atoms with Gasteiger partial charge in [0, 0.05) is 18.4 Å². The molecule has 184 valence electrons. The number of carbonyl (C=O) groups is 4. The van der Waals surface area contributed by atoms with Gasteiger partial charge in [0.25, 0.3) is 0 Å². The molecular formula is C23H30N4O7. The summed E-state index contributed by atoms with van der Waals surface area (Å²) in [5.74, 6) is -3.45. The molecule has 11 nitrogen and oxygen atoms in total. The summed E-state index contributed by atoms with van der Waals surface area (Å²) in [5, 5.41) is 0. The summed E-state index contributed by atoms with van der Waals surface area (Å²) < 4.78 is 15.5. The average Bonchev–Trinajstić information content (AvgIpc) is 2.84. The summed E-state index contributed by atoms with van der Waals surface area (Å²) >= 11 is 0. The van der Waals surface area contributed by atoms with Crippen LogP contribution < -0.4 is 0 Å². The first-order valence-corrected chi connectivity index (χ1v) is 11.6. The van der Waals surface area contributed by atoms with Crippen LogP contribution in [0.15, 0.2) is 33.8 Å². The van der Waals surface area contributed by atoms with Crippen molar-refractivity contribution in [3.8, 4) is 0 Å². The van der Waals surface area contributed by atoms with Crippen molar-refractivity contribution in [2.24, 2.45) is 9.98 Å². The van der Waals surface area contributed by atoms with Gasteiger partial charge in [-0.25, -0.2) is 19.4 Å². The third-order valence-corrected chi connectivity index (χ3v) is 5.62. The Morgan fingerprint density at radius 1 is 1.00 bits per heavy atom. The second-order valence-corrected chi connectivity index (χ2v) is 7.75. The van der Waals surface area contributed by atoms with Crippen molar-refractivity contribution < 1.29 is 33.4 Å². The number of amides is 1. The summed E-state index contributed by atoms with van der Waals surface area (Å²) in [6, 6.07) is -1.68. The first-order chi connectivity index (χ1) is 16.4. The molecule has 1 saturated carbocycles. The van der Waals surface area contributed by atoms with E-state index in [4.69, 9.17) is 14.2 Å². The molecule has 1 atom stereocenters. The molecule has 0 N–H and O–H groups in total. The van der Waals surface area contributed by atoms with Gasteiger partial charge in [-0.2, -0.15) is 0 Å². The molecule has 0 aromatic heterocycles. The van der Waals surface area contributed by atoms with Crippen molar-refractivity contribution in [2.75, 3.05) is 19.8 Å². The summed E-state index contributed by atoms with van der Waals surface area (Å²) in [4.78, 5) is 63.4. The molecule has 2 heterocycles. The maximum absolute atomic E-state index is 13.3. The number of fused-ring (bicyclic) bond motifs is 1. The number of esters is 3. The highest BCUT2D eigenvalue weighted by Crippen LogP contribution is 2.33. The minimum Gasteiger partial charge on any atom is -0.464 e. The molecule has 0 aromatic carbocycles. The Labute approximate surface area is 198 Å². The second kappa shape index (κ2) is 11.6. The predicted molar refractivity (Wildman–Crippen MR) is 121 cm³/mol. The van der Waals surface area contributed by atoms with Gasteiger partial charge in [0.15, 0.2) is 17.7 Å². The van der Waals surface area contributed by atoms with Gasteiger partial charge in [0.1, 0.15) is 5.57 Å². The molecule has 3 rings (SSSR count). The van der Waals surface area contributed by atoms with Crippen molar-refractivity contribution in [1.82, 2.24) is 9.80 Å². The van der Waals surface area contributed by atoms with Crippen LogP contribution >= 0.6 is 0 Å². The van der Waals surface area contributed by atoms with Gasteiger partial charge in [-0.05, 0) is 33.6 Å². The highest BCUT2D eigenvalue weighted by Gasteiger charge is 2.46. The molecule has 1 amide bonds. The fourth-order valence-electron chi connectivity index (χ4n) is 4.21. The minimum atomic E-state index is -1.27. The van der Waals surface area contributed by atoms with Crippen LogP contribution in [0.2, 0.25) is 0 Å². The van der Waals surface area contributed by atoms with Crippen LogP contribution in [0.4, 0.5) is 0 Å². The lowest BCUT2D eigenvalue weighted by Gasteiger charge is -2.39. The number of nitrogens with zero attached hydrogens (tertiary/aromatic N) is 4. The molecule has 1 fully saturated rings. The van der Waals surface area contributed by atoms with Crippen LogP contribution in [0.25, 0.3) is 0 Å². The van der Waals surface area contributed by atoms with Crippen molar-refractivity contribution in [2.45, 2.75) is 65.0 Å². The topological polar surface area (TPSA) is 127 Å². The van der Waals surface area contributed by atoms with Crippen LogP contribution in [0.5, 0.6) is 0 Å². The van der Waals surface area contributed by atoms with Crippen LogP contribution in [0, 0.1) is 0 Å². The number of rotatable bonds is 7. The molecule has 2 aliphatic heterocycles. The lowest BCUT2D eigenvalue weighted by Crippen LogP contribution is -2.53. The van der Waals surface area contributed by atoms with E-state index >= 15 is 0 Å². The molecule has 34 heavy (non-hydrogen) atoms. The third-order valence-electron chi connectivity index (χ3n) is 5.62. The molecule has 0 spiro atoms. The molecule has 0 saturated heterocycles. The Morgan fingerprint density at radius 3 is 2.32 bits per heavy atom. The van der Waals surface area contributed by atoms with Crippen LogP contribution in [-0.4, -0.2) is 77.6 Å². The molecular weight excluding hydrogens is 444 g/mol. The lowest BCUT2D eigenvalue weighted by molar-refractivity contribution is -0.160. The maximum atomic E-state index is 13.3. The molecule has 3 aliphatic rings. The first-order valence-electron chi connectivity index (χ1n) is 11.6. The number of hydrogen-bond donors (Lipinski definition) is 0. The standard InChI is InChI=1S/C23H30N4O7/c1-4-32-21(29)17-18(22(30)33-5-2)26-13-12-24-14-16(26)25-19(17)27(15-10-8-7-9-11-15)20(28)23(31)34-6-3/h12-15,18H,4-11H2,1-3H3. The predicted octanol–water partition coefficient (Wildman–Crippen LogP) is 1.69. The van der Waals surface area contributed by atoms with Crippen LogP contribution in [0.3, 0.4) is 0 Å². The highest BCUT2D eigenvalue weighted by molar-refractivity contribution is 6.34. The Morgan fingerprint density at radius 2 is 1.68 bits per heavy atom. The molecule has 1 unspecified atom stereocenters. The molecule has 0 aromatic rings. The fourth-order valence-corrected chi connectivity index (χ4v) is 4.21. The van der Waals surface area contributed by atoms with E-state index in [2.05, 4.69) is 9.98 Å². The van der Waals surface area contributed by atoms with Gasteiger partial charge in [-0.15, -0.1) is 0 Å². The monoisotopic (exact) mass is 474 g/mol. The minimum absolute atomic E-state index is 0.0120. The van der Waals surface area contributed by atoms with Crippen LogP contribution in [-0.2, 0) is 33.4 Å². The second-order valence-electron chi connectivity index (χ2n) is 7.75. The summed E-state index contributed by atoms with van der Waals surface area (Å²) in [7, 11) is 0. The lowest BCUT2D eigenvalue weighted by atomic mass is 9.93. The number of amidine groups is 1. The Hall–Kier alpha value is -3.50. The first kappa shape index (κ1) is 25.1. The number of ether oxygens (including phenoxy) is 3. The van der Waals surface area contributed by atoms with E-state index in [-0.39, 0.29) is 37.1 Å². The zero-order valence-electron chi connectivity index (χ0n) is 19.7. The van der Waals surface area contributed by atoms with Gasteiger partial charge in [0.05, 0.1) is 26.0 Å². The van der Waals surface area contributed by atoms with Crippen LogP contribution in [0.1, 0.15) is 52.9 Å². The van der Waals surface area contributed by atoms with Crippen molar-refractivity contribution in [1.29, 1.82) is 0 Å². The van der Waals surface area contributed by atoms with Gasteiger partial charge >= 0.3 is 23.8 Å². The zero-order chi connectivity index (χ0) is 24.7. The van der Waals surface area contributed by atoms with E-state index < -0.39 is 35.9 Å². The van der Waals surface area contributed by atoms with E-state index in [0.29, 0.717) is 12.8 Å². The van der Waals surface area contributed by atoms with Crippen molar-refractivity contribution >= 4 is 35.9 Å². The van der Waals surface area contributed by atoms with E-state index in [1.165, 1.54) is 28.4 Å². The Bertz CT molecular complexity index is 947. The maximum Gasteiger partial charge on any atom is 0.397 e. The third kappa shape index (κ3) is 5.18. The van der Waals surface area contributed by atoms with E-state index in [0.717, 1.165) is 19.3 Å². The van der Waals surface area contributed by atoms with Crippen molar-refractivity contribution in [3.05, 3.63) is 23.8 Å². The van der Waals surface area contributed by atoms with Gasteiger partial charge < -0.3 is 19.1 Å². The largest absolute Gasteiger partial charge is 0.464 e. The van der Waals surface area contributed by atoms with E-state index in [1.807, 2.05) is 0 Å². The van der Waals surface area contributed by atoms with Gasteiger partial charge in [-0.1, -0.05) is 19.3 Å². The van der Waals surface area contributed by atoms with Crippen molar-refractivity contribution in [3.63, 3.8) is 0 Å². The number of hydrogen-bond acceptors (Lipinski definition) is 10. The van der Waals surface area contributed by atoms with E-state index in [1.54, 1.807) is 20.8 Å². The van der Waals surface area contributed by atoms with Gasteiger partial charge in [-0.3, -0.25) is 14.7 Å². The average molecular weight is 475 g/mol. The Kier molecular flexibility index (Phi) is 8.55. The smallest absolute Gasteiger partial charge is 0.397 e. The van der Waals surface area contributed by atoms with E-state index in [9.17, 15) is 19.2 Å². The summed E-state index contributed by atoms with van der Waals surface area (Å²) in [5.41, 5.74) is -0.174. The summed E-state index contributed by atoms with van der Waals surface area (Å²) in [6.45, 7) is 5.00. The quantitative estimate of drug-likeness (QED) is 0.310. The van der Waals surface area contributed by atoms with Gasteiger partial charge in [0.2, 0.25) is 0 Å². The number of carbonyl (C=O) groups excluding carboxylic acids is 4. The molecule has 0 bridgehead atoms. The zero-order valence-corrected chi connectivity index (χ0v) is 19.7.